The van der Waals surface area contributed by atoms with Gasteiger partial charge in [0.15, 0.2) is 15.5 Å². The van der Waals surface area contributed by atoms with Crippen LogP contribution in [0.25, 0.3) is 5.52 Å². The largest absolute Gasteiger partial charge is 0.347 e. The van der Waals surface area contributed by atoms with Crippen molar-refractivity contribution in [2.45, 2.75) is 44.2 Å². The van der Waals surface area contributed by atoms with Crippen molar-refractivity contribution in [2.24, 2.45) is 0 Å². The molecule has 1 saturated heterocycles. The van der Waals surface area contributed by atoms with Gasteiger partial charge in [-0.1, -0.05) is 18.9 Å². The van der Waals surface area contributed by atoms with E-state index < -0.39 is 21.8 Å². The summed E-state index contributed by atoms with van der Waals surface area (Å²) in [6.07, 6.45) is 6.21. The zero-order chi connectivity index (χ0) is 19.0. The monoisotopic (exact) mass is 390 g/mol. The van der Waals surface area contributed by atoms with Crippen molar-refractivity contribution in [1.82, 2.24) is 20.0 Å². The lowest BCUT2D eigenvalue weighted by Gasteiger charge is -2.10. The molecule has 9 heteroatoms. The van der Waals surface area contributed by atoms with Crippen LogP contribution < -0.4 is 10.6 Å². The van der Waals surface area contributed by atoms with Gasteiger partial charge in [0.2, 0.25) is 5.82 Å². The van der Waals surface area contributed by atoms with E-state index >= 15 is 0 Å². The van der Waals surface area contributed by atoms with Crippen LogP contribution in [0.3, 0.4) is 0 Å². The molecular formula is C18H22N4O4S. The lowest BCUT2D eigenvalue weighted by Crippen LogP contribution is -2.36. The molecule has 4 rings (SSSR count). The molecule has 0 bridgehead atoms. The molecule has 8 nitrogen and oxygen atoms in total. The Kier molecular flexibility index (Phi) is 4.63. The summed E-state index contributed by atoms with van der Waals surface area (Å²) in [4.78, 5) is 29.7. The zero-order valence-electron chi connectivity index (χ0n) is 14.8. The van der Waals surface area contributed by atoms with Crippen LogP contribution in [0.2, 0.25) is 0 Å². The molecular weight excluding hydrogens is 368 g/mol. The molecule has 2 aromatic rings. The normalized spacial score (nSPS) is 22.1. The summed E-state index contributed by atoms with van der Waals surface area (Å²) in [6.45, 7) is 0. The Balaban J connectivity index is 1.59. The van der Waals surface area contributed by atoms with Crippen molar-refractivity contribution in [3.63, 3.8) is 0 Å². The van der Waals surface area contributed by atoms with Crippen molar-refractivity contribution in [3.8, 4) is 0 Å². The lowest BCUT2D eigenvalue weighted by molar-refractivity contribution is 0.0926. The summed E-state index contributed by atoms with van der Waals surface area (Å²) < 4.78 is 24.8. The van der Waals surface area contributed by atoms with Crippen LogP contribution in [0.5, 0.6) is 0 Å². The molecule has 2 fully saturated rings. The average molecular weight is 390 g/mol. The first-order valence-electron chi connectivity index (χ1n) is 9.22. The fourth-order valence-corrected chi connectivity index (χ4v) is 5.52. The highest BCUT2D eigenvalue weighted by molar-refractivity contribution is 7.91. The van der Waals surface area contributed by atoms with E-state index in [-0.39, 0.29) is 35.0 Å². The Bertz CT molecular complexity index is 992. The molecule has 0 spiro atoms. The quantitative estimate of drug-likeness (QED) is 0.807. The van der Waals surface area contributed by atoms with Gasteiger partial charge >= 0.3 is 0 Å². The second-order valence-corrected chi connectivity index (χ2v) is 9.50. The number of pyridine rings is 1. The summed E-state index contributed by atoms with van der Waals surface area (Å²) in [5.41, 5.74) is 0.656. The number of fused-ring (bicyclic) bond motifs is 1. The number of carbonyl (C=O) groups excluding carboxylic acids is 2. The Morgan fingerprint density at radius 2 is 1.78 bits per heavy atom. The van der Waals surface area contributed by atoms with E-state index in [0.717, 1.165) is 25.7 Å². The van der Waals surface area contributed by atoms with Crippen molar-refractivity contribution in [2.75, 3.05) is 11.5 Å². The topological polar surface area (TPSA) is 110 Å². The predicted octanol–water partition coefficient (Wildman–Crippen LogP) is 0.924. The summed E-state index contributed by atoms with van der Waals surface area (Å²) in [5.74, 6) is -0.566. The number of hydrogen-bond acceptors (Lipinski definition) is 5. The van der Waals surface area contributed by atoms with Crippen LogP contribution in [0.4, 0.5) is 0 Å². The average Bonchev–Trinajstić information content (AvgIpc) is 3.33. The molecule has 0 aromatic carbocycles. The zero-order valence-corrected chi connectivity index (χ0v) is 15.7. The van der Waals surface area contributed by atoms with Crippen LogP contribution in [-0.2, 0) is 9.84 Å². The van der Waals surface area contributed by atoms with Crippen LogP contribution in [0.15, 0.2) is 24.4 Å². The minimum absolute atomic E-state index is 0.0560. The highest BCUT2D eigenvalue weighted by Gasteiger charge is 2.31. The van der Waals surface area contributed by atoms with E-state index in [2.05, 4.69) is 15.6 Å². The Hall–Kier alpha value is -2.42. The minimum atomic E-state index is -3.09. The number of carbonyl (C=O) groups is 2. The Labute approximate surface area is 157 Å². The summed E-state index contributed by atoms with van der Waals surface area (Å²) in [6, 6.07) is 4.99. The standard InChI is InChI=1S/C18H22N4O4S/c23-17(20-13-8-10-27(25,26)11-13)15-14-7-3-4-9-22(14)16(21-15)18(24)19-12-5-1-2-6-12/h3-4,7,9,12-13H,1-2,5-6,8,10-11H2,(H,19,24)(H,20,23). The summed E-state index contributed by atoms with van der Waals surface area (Å²) in [5, 5.41) is 5.73. The van der Waals surface area contributed by atoms with E-state index in [1.54, 1.807) is 28.8 Å². The molecule has 2 aliphatic rings. The van der Waals surface area contributed by atoms with Gasteiger partial charge in [-0.25, -0.2) is 13.4 Å². The molecule has 2 amide bonds. The van der Waals surface area contributed by atoms with Crippen molar-refractivity contribution < 1.29 is 18.0 Å². The van der Waals surface area contributed by atoms with E-state index in [1.165, 1.54) is 0 Å². The number of imidazole rings is 1. The van der Waals surface area contributed by atoms with E-state index in [9.17, 15) is 18.0 Å². The number of amides is 2. The van der Waals surface area contributed by atoms with E-state index in [1.807, 2.05) is 0 Å². The van der Waals surface area contributed by atoms with Crippen molar-refractivity contribution in [1.29, 1.82) is 0 Å². The smallest absolute Gasteiger partial charge is 0.287 e. The third kappa shape index (κ3) is 3.69. The molecule has 2 N–H and O–H groups in total. The van der Waals surface area contributed by atoms with Crippen molar-refractivity contribution >= 4 is 27.2 Å². The van der Waals surface area contributed by atoms with Crippen LogP contribution in [0, 0.1) is 0 Å². The van der Waals surface area contributed by atoms with Gasteiger partial charge in [0.1, 0.15) is 0 Å². The third-order valence-corrected chi connectivity index (χ3v) is 6.99. The van der Waals surface area contributed by atoms with Crippen LogP contribution >= 0.6 is 0 Å². The predicted molar refractivity (Wildman–Crippen MR) is 99.4 cm³/mol. The number of hydrogen-bond donors (Lipinski definition) is 2. The van der Waals surface area contributed by atoms with Gasteiger partial charge in [0.05, 0.1) is 17.0 Å². The first-order chi connectivity index (χ1) is 12.9. The maximum absolute atomic E-state index is 12.7. The van der Waals surface area contributed by atoms with Crippen LogP contribution in [0.1, 0.15) is 53.2 Å². The molecule has 27 heavy (non-hydrogen) atoms. The minimum Gasteiger partial charge on any atom is -0.347 e. The second kappa shape index (κ2) is 6.95. The molecule has 2 aromatic heterocycles. The second-order valence-electron chi connectivity index (χ2n) is 7.27. The first-order valence-corrected chi connectivity index (χ1v) is 11.0. The number of nitrogens with zero attached hydrogens (tertiary/aromatic N) is 2. The van der Waals surface area contributed by atoms with Crippen molar-refractivity contribution in [3.05, 3.63) is 35.9 Å². The molecule has 1 saturated carbocycles. The van der Waals surface area contributed by atoms with Gasteiger partial charge in [-0.05, 0) is 31.4 Å². The van der Waals surface area contributed by atoms with Gasteiger partial charge in [0.25, 0.3) is 11.8 Å². The third-order valence-electron chi connectivity index (χ3n) is 5.22. The first kappa shape index (κ1) is 18.0. The van der Waals surface area contributed by atoms with Gasteiger partial charge in [-0.2, -0.15) is 0 Å². The molecule has 3 heterocycles. The number of rotatable bonds is 4. The van der Waals surface area contributed by atoms with E-state index in [0.29, 0.717) is 11.9 Å². The van der Waals surface area contributed by atoms with E-state index in [4.69, 9.17) is 0 Å². The summed E-state index contributed by atoms with van der Waals surface area (Å²) >= 11 is 0. The lowest BCUT2D eigenvalue weighted by atomic mass is 10.2. The molecule has 0 radical (unpaired) electrons. The Morgan fingerprint density at radius 3 is 2.48 bits per heavy atom. The van der Waals surface area contributed by atoms with Gasteiger partial charge < -0.3 is 10.6 Å². The highest BCUT2D eigenvalue weighted by Crippen LogP contribution is 2.19. The molecule has 1 aliphatic carbocycles. The number of nitrogens with one attached hydrogen (secondary N) is 2. The van der Waals surface area contributed by atoms with Gasteiger partial charge in [-0.15, -0.1) is 0 Å². The highest BCUT2D eigenvalue weighted by atomic mass is 32.2. The van der Waals surface area contributed by atoms with Gasteiger partial charge in [0, 0.05) is 18.3 Å². The van der Waals surface area contributed by atoms with Gasteiger partial charge in [-0.3, -0.25) is 14.0 Å². The molecule has 144 valence electrons. The fraction of sp³-hybridized carbons (Fsp3) is 0.500. The molecule has 1 unspecified atom stereocenters. The molecule has 1 aliphatic heterocycles. The fourth-order valence-electron chi connectivity index (χ4n) is 3.85. The number of aromatic nitrogens is 2. The SMILES string of the molecule is O=C(NC1CCS(=O)(=O)C1)c1nc(C(=O)NC2CCCC2)n2ccccc12. The Morgan fingerprint density at radius 1 is 1.04 bits per heavy atom. The maximum Gasteiger partial charge on any atom is 0.287 e. The number of sulfone groups is 1. The van der Waals surface area contributed by atoms with Crippen LogP contribution in [-0.4, -0.2) is 53.2 Å². The maximum atomic E-state index is 12.7. The summed E-state index contributed by atoms with van der Waals surface area (Å²) in [7, 11) is -3.09. The molecule has 1 atom stereocenters.